The van der Waals surface area contributed by atoms with E-state index in [2.05, 4.69) is 4.99 Å². The summed E-state index contributed by atoms with van der Waals surface area (Å²) in [5.41, 5.74) is 1.81. The van der Waals surface area contributed by atoms with E-state index >= 15 is 0 Å². The summed E-state index contributed by atoms with van der Waals surface area (Å²) < 4.78 is 39.5. The topological polar surface area (TPSA) is 15.6 Å². The van der Waals surface area contributed by atoms with Crippen LogP contribution in [0.5, 0.6) is 0 Å². The molecule has 2 nitrogen and oxygen atoms in total. The first kappa shape index (κ1) is 13.5. The monoisotopic (exact) mass is 282 g/mol. The van der Waals surface area contributed by atoms with E-state index in [1.807, 2.05) is 31.0 Å². The molecule has 2 heterocycles. The lowest BCUT2D eigenvalue weighted by molar-refractivity contribution is -0.170. The quantitative estimate of drug-likeness (QED) is 0.718. The van der Waals surface area contributed by atoms with Crippen LogP contribution in [0.25, 0.3) is 0 Å². The Morgan fingerprint density at radius 3 is 2.75 bits per heavy atom. The number of rotatable bonds is 1. The predicted octanol–water partition coefficient (Wildman–Crippen LogP) is 3.54. The van der Waals surface area contributed by atoms with Crippen LogP contribution < -0.4 is 0 Å². The van der Waals surface area contributed by atoms with E-state index in [9.17, 15) is 13.2 Å². The number of halogens is 3. The highest BCUT2D eigenvalue weighted by atomic mass is 19.4. The minimum atomic E-state index is -4.19. The van der Waals surface area contributed by atoms with Gasteiger partial charge in [-0.15, -0.1) is 0 Å². The average Bonchev–Trinajstić information content (AvgIpc) is 2.75. The third-order valence-electron chi connectivity index (χ3n) is 4.26. The smallest absolute Gasteiger partial charge is 0.363 e. The Kier molecular flexibility index (Phi) is 3.03. The lowest BCUT2D eigenvalue weighted by Crippen LogP contribution is -2.38. The van der Waals surface area contributed by atoms with Crippen molar-refractivity contribution >= 4 is 5.71 Å². The van der Waals surface area contributed by atoms with Crippen LogP contribution in [0.2, 0.25) is 0 Å². The zero-order valence-electron chi connectivity index (χ0n) is 11.4. The summed E-state index contributed by atoms with van der Waals surface area (Å²) in [6.45, 7) is 4.47. The van der Waals surface area contributed by atoms with E-state index in [0.717, 1.165) is 11.3 Å². The Bertz CT molecular complexity index is 526. The maximum absolute atomic E-state index is 13.2. The lowest BCUT2D eigenvalue weighted by Gasteiger charge is -2.30. The zero-order valence-corrected chi connectivity index (χ0v) is 11.4. The molecule has 3 rings (SSSR count). The van der Waals surface area contributed by atoms with Crippen molar-refractivity contribution in [2.75, 3.05) is 6.54 Å². The van der Waals surface area contributed by atoms with Crippen molar-refractivity contribution in [3.63, 3.8) is 0 Å². The number of allylic oxidation sites excluding steroid dienone is 3. The highest BCUT2D eigenvalue weighted by Crippen LogP contribution is 2.46. The molecule has 3 atom stereocenters. The van der Waals surface area contributed by atoms with Crippen LogP contribution in [-0.2, 0) is 0 Å². The number of hydrogen-bond acceptors (Lipinski definition) is 2. The molecule has 20 heavy (non-hydrogen) atoms. The second kappa shape index (κ2) is 4.50. The molecule has 0 amide bonds. The fourth-order valence-electron chi connectivity index (χ4n) is 3.35. The number of aliphatic imine (C=N–C) groups is 1. The summed E-state index contributed by atoms with van der Waals surface area (Å²) in [6.07, 6.45) is 3.98. The molecule has 0 spiro atoms. The number of fused-ring (bicyclic) bond motifs is 3. The molecule has 0 aromatic rings. The van der Waals surface area contributed by atoms with E-state index in [-0.39, 0.29) is 12.0 Å². The molecule has 1 saturated heterocycles. The van der Waals surface area contributed by atoms with Crippen LogP contribution in [0, 0.1) is 17.8 Å². The molecule has 0 N–H and O–H groups in total. The molecule has 0 radical (unpaired) electrons. The van der Waals surface area contributed by atoms with E-state index in [4.69, 9.17) is 0 Å². The second-order valence-electron chi connectivity index (χ2n) is 5.83. The van der Waals surface area contributed by atoms with Crippen molar-refractivity contribution < 1.29 is 13.2 Å². The van der Waals surface area contributed by atoms with Crippen LogP contribution in [0.15, 0.2) is 41.2 Å². The van der Waals surface area contributed by atoms with E-state index in [1.54, 1.807) is 12.3 Å². The van der Waals surface area contributed by atoms with Gasteiger partial charge in [0.15, 0.2) is 0 Å². The van der Waals surface area contributed by atoms with E-state index < -0.39 is 18.0 Å². The maximum atomic E-state index is 13.2. The van der Waals surface area contributed by atoms with Crippen LogP contribution in [0.3, 0.4) is 0 Å². The Balaban J connectivity index is 1.98. The van der Waals surface area contributed by atoms with Gasteiger partial charge in [-0.25, -0.2) is 0 Å². The minimum Gasteiger partial charge on any atom is -0.363 e. The second-order valence-corrected chi connectivity index (χ2v) is 5.83. The van der Waals surface area contributed by atoms with Gasteiger partial charge in [0, 0.05) is 30.6 Å². The molecule has 1 aliphatic carbocycles. The fraction of sp³-hybridized carbons (Fsp3) is 0.533. The Hall–Kier alpha value is -1.52. The lowest BCUT2D eigenvalue weighted by atomic mass is 9.80. The first-order valence-electron chi connectivity index (χ1n) is 6.84. The standard InChI is InChI=1S/C15H17F3N2/c1-9(2)13-14-10-4-3-5-12(15(16,17)18)11(10)8-20(14)7-6-19-13/h3-7,9,11-12,14H,8H2,1-2H3. The molecule has 3 unspecified atom stereocenters. The first-order valence-corrected chi connectivity index (χ1v) is 6.84. The molecular formula is C15H17F3N2. The summed E-state index contributed by atoms with van der Waals surface area (Å²) in [5, 5.41) is 0. The molecule has 0 aromatic carbocycles. The van der Waals surface area contributed by atoms with Crippen LogP contribution in [0.4, 0.5) is 13.2 Å². The molecule has 0 aromatic heterocycles. The van der Waals surface area contributed by atoms with Gasteiger partial charge in [0.1, 0.15) is 0 Å². The van der Waals surface area contributed by atoms with E-state index in [0.29, 0.717) is 6.54 Å². The van der Waals surface area contributed by atoms with Gasteiger partial charge in [0.05, 0.1) is 12.0 Å². The summed E-state index contributed by atoms with van der Waals surface area (Å²) in [6, 6.07) is -0.0974. The average molecular weight is 282 g/mol. The summed E-state index contributed by atoms with van der Waals surface area (Å²) >= 11 is 0. The van der Waals surface area contributed by atoms with Crippen molar-refractivity contribution in [3.05, 3.63) is 36.2 Å². The molecule has 3 aliphatic rings. The molecular weight excluding hydrogens is 265 g/mol. The summed E-state index contributed by atoms with van der Waals surface area (Å²) in [4.78, 5) is 6.39. The third kappa shape index (κ3) is 2.00. The van der Waals surface area contributed by atoms with Crippen LogP contribution in [0.1, 0.15) is 13.8 Å². The minimum absolute atomic E-state index is 0.0974. The van der Waals surface area contributed by atoms with Gasteiger partial charge >= 0.3 is 6.18 Å². The zero-order chi connectivity index (χ0) is 14.5. The van der Waals surface area contributed by atoms with Crippen molar-refractivity contribution in [2.45, 2.75) is 26.1 Å². The molecule has 1 fully saturated rings. The van der Waals surface area contributed by atoms with Crippen molar-refractivity contribution in [1.29, 1.82) is 0 Å². The molecule has 108 valence electrons. The number of nitrogens with zero attached hydrogens (tertiary/aromatic N) is 2. The summed E-state index contributed by atoms with van der Waals surface area (Å²) in [5.74, 6) is -1.64. The summed E-state index contributed by atoms with van der Waals surface area (Å²) in [7, 11) is 0. The number of hydrogen-bond donors (Lipinski definition) is 0. The van der Waals surface area contributed by atoms with E-state index in [1.165, 1.54) is 6.08 Å². The van der Waals surface area contributed by atoms with Crippen molar-refractivity contribution in [2.24, 2.45) is 22.7 Å². The van der Waals surface area contributed by atoms with Crippen LogP contribution in [-0.4, -0.2) is 29.4 Å². The predicted molar refractivity (Wildman–Crippen MR) is 72.2 cm³/mol. The SMILES string of the molecule is CC(C)C1=NC=CN2CC3C(=CC=CC3C(F)(F)F)C12. The molecule has 0 bridgehead atoms. The third-order valence-corrected chi connectivity index (χ3v) is 4.26. The van der Waals surface area contributed by atoms with Gasteiger partial charge in [-0.2, -0.15) is 13.2 Å². The highest BCUT2D eigenvalue weighted by Gasteiger charge is 2.51. The van der Waals surface area contributed by atoms with Gasteiger partial charge < -0.3 is 4.90 Å². The molecule has 0 saturated carbocycles. The Morgan fingerprint density at radius 1 is 1.35 bits per heavy atom. The van der Waals surface area contributed by atoms with Gasteiger partial charge in [0.25, 0.3) is 0 Å². The van der Waals surface area contributed by atoms with Gasteiger partial charge in [-0.3, -0.25) is 4.99 Å². The van der Waals surface area contributed by atoms with Gasteiger partial charge in [-0.05, 0) is 11.5 Å². The first-order chi connectivity index (χ1) is 9.39. The van der Waals surface area contributed by atoms with Crippen molar-refractivity contribution in [1.82, 2.24) is 4.90 Å². The Morgan fingerprint density at radius 2 is 2.10 bits per heavy atom. The highest BCUT2D eigenvalue weighted by molar-refractivity contribution is 5.95. The molecule has 2 aliphatic heterocycles. The fourth-order valence-corrected chi connectivity index (χ4v) is 3.35. The largest absolute Gasteiger partial charge is 0.395 e. The maximum Gasteiger partial charge on any atom is 0.395 e. The van der Waals surface area contributed by atoms with Gasteiger partial charge in [-0.1, -0.05) is 32.1 Å². The van der Waals surface area contributed by atoms with Gasteiger partial charge in [0.2, 0.25) is 0 Å². The number of alkyl halides is 3. The van der Waals surface area contributed by atoms with Crippen molar-refractivity contribution in [3.8, 4) is 0 Å². The molecule has 5 heteroatoms. The normalized spacial score (nSPS) is 32.1. The Labute approximate surface area is 116 Å². The van der Waals surface area contributed by atoms with Crippen LogP contribution >= 0.6 is 0 Å².